The first-order chi connectivity index (χ1) is 11.2. The third-order valence-electron chi connectivity index (χ3n) is 3.53. The Labute approximate surface area is 137 Å². The van der Waals surface area contributed by atoms with Gasteiger partial charge in [0.2, 0.25) is 0 Å². The molecule has 1 aliphatic rings. The number of carbonyl (C=O) groups is 1. The number of rotatable bonds is 3. The highest BCUT2D eigenvalue weighted by Gasteiger charge is 2.32. The monoisotopic (exact) mass is 320 g/mol. The molecule has 23 heavy (non-hydrogen) atoms. The van der Waals surface area contributed by atoms with Gasteiger partial charge in [-0.3, -0.25) is 4.79 Å². The number of hydrogen-bond acceptors (Lipinski definition) is 5. The van der Waals surface area contributed by atoms with E-state index in [2.05, 4.69) is 4.99 Å². The van der Waals surface area contributed by atoms with Gasteiger partial charge < -0.3 is 5.11 Å². The third kappa shape index (κ3) is 2.65. The first-order valence-corrected chi connectivity index (χ1v) is 8.08. The predicted molar refractivity (Wildman–Crippen MR) is 91.3 cm³/mol. The van der Waals surface area contributed by atoms with Gasteiger partial charge in [0.15, 0.2) is 11.5 Å². The fourth-order valence-electron chi connectivity index (χ4n) is 2.43. The van der Waals surface area contributed by atoms with Gasteiger partial charge in [-0.1, -0.05) is 30.3 Å². The molecule has 3 rings (SSSR count). The van der Waals surface area contributed by atoms with Crippen molar-refractivity contribution in [3.05, 3.63) is 65.2 Å². The third-order valence-corrected chi connectivity index (χ3v) is 4.25. The minimum atomic E-state index is -0.376. The van der Waals surface area contributed by atoms with Crippen molar-refractivity contribution in [3.8, 4) is 6.07 Å². The Kier molecular flexibility index (Phi) is 4.00. The number of thioether (sulfide) groups is 1. The van der Waals surface area contributed by atoms with Crippen molar-refractivity contribution in [2.45, 2.75) is 4.90 Å². The van der Waals surface area contributed by atoms with Gasteiger partial charge >= 0.3 is 0 Å². The van der Waals surface area contributed by atoms with Crippen molar-refractivity contribution in [1.29, 1.82) is 5.26 Å². The van der Waals surface area contributed by atoms with Crippen molar-refractivity contribution in [2.75, 3.05) is 6.26 Å². The molecule has 0 saturated carbocycles. The number of Topliss-reactive ketones (excluding diaryl/α,β-unsaturated/α-hetero) is 1. The van der Waals surface area contributed by atoms with Gasteiger partial charge in [-0.2, -0.15) is 5.26 Å². The molecule has 0 fully saturated rings. The molecule has 0 radical (unpaired) electrons. The minimum Gasteiger partial charge on any atom is -0.506 e. The van der Waals surface area contributed by atoms with E-state index in [9.17, 15) is 15.2 Å². The molecule has 0 unspecified atom stereocenters. The molecule has 1 N–H and O–H groups in total. The summed E-state index contributed by atoms with van der Waals surface area (Å²) in [5.74, 6) is -0.564. The van der Waals surface area contributed by atoms with Gasteiger partial charge in [0, 0.05) is 16.0 Å². The van der Waals surface area contributed by atoms with Crippen LogP contribution in [0.25, 0.3) is 5.76 Å². The van der Waals surface area contributed by atoms with E-state index in [0.717, 1.165) is 4.90 Å². The van der Waals surface area contributed by atoms with Gasteiger partial charge in [-0.05, 0) is 24.5 Å². The Balaban J connectivity index is 2.09. The van der Waals surface area contributed by atoms with Crippen molar-refractivity contribution < 1.29 is 9.90 Å². The van der Waals surface area contributed by atoms with Crippen LogP contribution in [0, 0.1) is 11.3 Å². The number of aliphatic hydroxyl groups is 1. The first-order valence-electron chi connectivity index (χ1n) is 6.86. The van der Waals surface area contributed by atoms with E-state index in [1.54, 1.807) is 42.1 Å². The topological polar surface area (TPSA) is 73.4 Å². The lowest BCUT2D eigenvalue weighted by Gasteiger charge is -2.01. The highest BCUT2D eigenvalue weighted by atomic mass is 32.2. The summed E-state index contributed by atoms with van der Waals surface area (Å²) in [4.78, 5) is 17.7. The second kappa shape index (κ2) is 6.11. The molecule has 0 aromatic heterocycles. The summed E-state index contributed by atoms with van der Waals surface area (Å²) in [6.45, 7) is 0. The average Bonchev–Trinajstić information content (AvgIpc) is 2.85. The first kappa shape index (κ1) is 15.1. The number of nitriles is 1. The van der Waals surface area contributed by atoms with Crippen molar-refractivity contribution in [1.82, 2.24) is 0 Å². The summed E-state index contributed by atoms with van der Waals surface area (Å²) >= 11 is 1.56. The zero-order valence-electron chi connectivity index (χ0n) is 12.3. The van der Waals surface area contributed by atoms with Crippen LogP contribution < -0.4 is 0 Å². The van der Waals surface area contributed by atoms with Gasteiger partial charge in [0.1, 0.15) is 17.4 Å². The Morgan fingerprint density at radius 1 is 1.17 bits per heavy atom. The van der Waals surface area contributed by atoms with Gasteiger partial charge in [-0.15, -0.1) is 11.8 Å². The number of nitrogens with zero attached hydrogens (tertiary/aromatic N) is 2. The molecule has 0 saturated heterocycles. The molecular formula is C18H12N2O2S. The summed E-state index contributed by atoms with van der Waals surface area (Å²) in [7, 11) is 0. The van der Waals surface area contributed by atoms with E-state index in [1.165, 1.54) is 0 Å². The zero-order chi connectivity index (χ0) is 16.4. The van der Waals surface area contributed by atoms with Gasteiger partial charge in [0.05, 0.1) is 5.69 Å². The van der Waals surface area contributed by atoms with Crippen molar-refractivity contribution in [2.24, 2.45) is 4.99 Å². The maximum absolute atomic E-state index is 12.5. The average molecular weight is 320 g/mol. The van der Waals surface area contributed by atoms with Gasteiger partial charge in [-0.25, -0.2) is 4.99 Å². The van der Waals surface area contributed by atoms with Crippen LogP contribution in [0.3, 0.4) is 0 Å². The molecule has 0 amide bonds. The van der Waals surface area contributed by atoms with E-state index in [-0.39, 0.29) is 22.8 Å². The van der Waals surface area contributed by atoms with E-state index in [0.29, 0.717) is 16.8 Å². The Hall–Kier alpha value is -2.84. The highest BCUT2D eigenvalue weighted by Crippen LogP contribution is 2.32. The zero-order valence-corrected chi connectivity index (χ0v) is 13.1. The molecule has 1 aliphatic carbocycles. The smallest absolute Gasteiger partial charge is 0.200 e. The Morgan fingerprint density at radius 2 is 1.91 bits per heavy atom. The maximum Gasteiger partial charge on any atom is 0.200 e. The van der Waals surface area contributed by atoms with Crippen LogP contribution in [-0.4, -0.2) is 22.9 Å². The van der Waals surface area contributed by atoms with E-state index >= 15 is 0 Å². The number of allylic oxidation sites excluding steroid dienone is 1. The molecule has 112 valence electrons. The molecule has 0 heterocycles. The standard InChI is InChI=1S/C18H12N2O2S/c1-23-12-6-4-5-11(9-12)20-15(10-19)16-17(21)13-7-2-3-8-14(13)18(16)22/h2-9,21H,1H3. The van der Waals surface area contributed by atoms with Crippen LogP contribution >= 0.6 is 11.8 Å². The van der Waals surface area contributed by atoms with E-state index in [4.69, 9.17) is 0 Å². The number of hydrogen-bond donors (Lipinski definition) is 1. The summed E-state index contributed by atoms with van der Waals surface area (Å²) in [5, 5.41) is 19.7. The number of aliphatic hydroxyl groups excluding tert-OH is 1. The second-order valence-corrected chi connectivity index (χ2v) is 5.75. The fourth-order valence-corrected chi connectivity index (χ4v) is 2.88. The number of fused-ring (bicyclic) bond motifs is 1. The molecule has 4 nitrogen and oxygen atoms in total. The number of aliphatic imine (C=N–C) groups is 1. The van der Waals surface area contributed by atoms with Crippen LogP contribution in [0.4, 0.5) is 5.69 Å². The van der Waals surface area contributed by atoms with Crippen LogP contribution in [0.1, 0.15) is 15.9 Å². The Morgan fingerprint density at radius 3 is 2.57 bits per heavy atom. The molecule has 2 aromatic carbocycles. The molecule has 0 spiro atoms. The van der Waals surface area contributed by atoms with Crippen LogP contribution in [0.2, 0.25) is 0 Å². The quantitative estimate of drug-likeness (QED) is 0.680. The summed E-state index contributed by atoms with van der Waals surface area (Å²) < 4.78 is 0. The molecule has 2 aromatic rings. The molecule has 0 aliphatic heterocycles. The number of ketones is 1. The summed E-state index contributed by atoms with van der Waals surface area (Å²) in [5.41, 5.74) is 1.27. The van der Waals surface area contributed by atoms with E-state index < -0.39 is 0 Å². The van der Waals surface area contributed by atoms with Crippen LogP contribution in [0.15, 0.2) is 64.0 Å². The molecule has 0 bridgehead atoms. The molecule has 5 heteroatoms. The molecular weight excluding hydrogens is 308 g/mol. The lowest BCUT2D eigenvalue weighted by atomic mass is 10.1. The highest BCUT2D eigenvalue weighted by molar-refractivity contribution is 7.98. The lowest BCUT2D eigenvalue weighted by Crippen LogP contribution is -2.08. The largest absolute Gasteiger partial charge is 0.506 e. The second-order valence-electron chi connectivity index (χ2n) is 4.87. The van der Waals surface area contributed by atoms with E-state index in [1.807, 2.05) is 30.5 Å². The number of benzene rings is 2. The normalized spacial score (nSPS) is 13.9. The predicted octanol–water partition coefficient (Wildman–Crippen LogP) is 4.17. The summed E-state index contributed by atoms with van der Waals surface area (Å²) in [6, 6.07) is 16.0. The van der Waals surface area contributed by atoms with Crippen molar-refractivity contribution in [3.63, 3.8) is 0 Å². The molecule has 0 atom stereocenters. The SMILES string of the molecule is CSc1cccc(N=C(C#N)C2=C(O)c3ccccc3C2=O)c1. The lowest BCUT2D eigenvalue weighted by molar-refractivity contribution is 0.104. The Bertz CT molecular complexity index is 907. The number of carbonyl (C=O) groups excluding carboxylic acids is 1. The van der Waals surface area contributed by atoms with Gasteiger partial charge in [0.25, 0.3) is 0 Å². The van der Waals surface area contributed by atoms with Crippen molar-refractivity contribution >= 4 is 34.7 Å². The maximum atomic E-state index is 12.5. The fraction of sp³-hybridized carbons (Fsp3) is 0.0556. The van der Waals surface area contributed by atoms with Crippen LogP contribution in [0.5, 0.6) is 0 Å². The van der Waals surface area contributed by atoms with Crippen LogP contribution in [-0.2, 0) is 0 Å². The summed E-state index contributed by atoms with van der Waals surface area (Å²) in [6.07, 6.45) is 1.94. The minimum absolute atomic E-state index is 0.0387.